The lowest BCUT2D eigenvalue weighted by Gasteiger charge is -2.22. The van der Waals surface area contributed by atoms with Gasteiger partial charge in [0.1, 0.15) is 0 Å². The minimum absolute atomic E-state index is 0.104. The number of rotatable bonds is 4. The zero-order chi connectivity index (χ0) is 15.2. The van der Waals surface area contributed by atoms with Gasteiger partial charge in [-0.15, -0.1) is 0 Å². The summed E-state index contributed by atoms with van der Waals surface area (Å²) in [5.74, 6) is 0.244. The molecular weight excluding hydrogens is 268 g/mol. The van der Waals surface area contributed by atoms with E-state index in [1.807, 2.05) is 13.0 Å². The van der Waals surface area contributed by atoms with Crippen LogP contribution in [0.15, 0.2) is 18.2 Å². The van der Waals surface area contributed by atoms with Gasteiger partial charge >= 0.3 is 0 Å². The first-order valence-corrected chi connectivity index (χ1v) is 7.30. The molecule has 1 fully saturated rings. The summed E-state index contributed by atoms with van der Waals surface area (Å²) < 4.78 is 5.30. The molecule has 21 heavy (non-hydrogen) atoms. The van der Waals surface area contributed by atoms with E-state index in [1.54, 1.807) is 12.1 Å². The Morgan fingerprint density at radius 3 is 2.67 bits per heavy atom. The van der Waals surface area contributed by atoms with E-state index in [1.165, 1.54) is 6.92 Å². The minimum atomic E-state index is -0.141. The number of hydrogen-bond donors (Lipinski definition) is 2. The highest BCUT2D eigenvalue weighted by atomic mass is 16.5. The highest BCUT2D eigenvalue weighted by Gasteiger charge is 2.15. The van der Waals surface area contributed by atoms with Crippen LogP contribution in [0.25, 0.3) is 0 Å². The van der Waals surface area contributed by atoms with E-state index in [4.69, 9.17) is 4.74 Å². The Hall–Kier alpha value is -1.88. The summed E-state index contributed by atoms with van der Waals surface area (Å²) in [6, 6.07) is 5.34. The van der Waals surface area contributed by atoms with E-state index in [9.17, 15) is 9.59 Å². The van der Waals surface area contributed by atoms with Crippen molar-refractivity contribution in [2.75, 3.05) is 25.1 Å². The van der Waals surface area contributed by atoms with Gasteiger partial charge in [0, 0.05) is 37.9 Å². The molecule has 1 aliphatic heterocycles. The van der Waals surface area contributed by atoms with Gasteiger partial charge in [0.05, 0.1) is 0 Å². The molecular formula is C16H22N2O3. The normalized spacial score (nSPS) is 15.5. The van der Waals surface area contributed by atoms with Crippen LogP contribution in [0.3, 0.4) is 0 Å². The summed E-state index contributed by atoms with van der Waals surface area (Å²) >= 11 is 0. The van der Waals surface area contributed by atoms with Crippen LogP contribution in [0.1, 0.15) is 35.7 Å². The number of carbonyl (C=O) groups is 2. The van der Waals surface area contributed by atoms with Crippen LogP contribution in [0.4, 0.5) is 5.69 Å². The molecule has 1 aliphatic rings. The van der Waals surface area contributed by atoms with E-state index in [0.717, 1.165) is 31.6 Å². The molecule has 5 heteroatoms. The van der Waals surface area contributed by atoms with Crippen molar-refractivity contribution in [1.82, 2.24) is 5.32 Å². The highest BCUT2D eigenvalue weighted by Crippen LogP contribution is 2.17. The smallest absolute Gasteiger partial charge is 0.251 e. The molecule has 0 unspecified atom stereocenters. The number of benzene rings is 1. The third-order valence-corrected chi connectivity index (χ3v) is 3.70. The summed E-state index contributed by atoms with van der Waals surface area (Å²) in [4.78, 5) is 23.3. The van der Waals surface area contributed by atoms with Crippen LogP contribution in [-0.2, 0) is 9.53 Å². The number of aryl methyl sites for hydroxylation is 1. The van der Waals surface area contributed by atoms with Gasteiger partial charge in [0.15, 0.2) is 0 Å². The highest BCUT2D eigenvalue weighted by molar-refractivity contribution is 5.97. The average molecular weight is 290 g/mol. The van der Waals surface area contributed by atoms with Crippen molar-refractivity contribution in [2.24, 2.45) is 5.92 Å². The van der Waals surface area contributed by atoms with E-state index in [-0.39, 0.29) is 11.8 Å². The molecule has 1 saturated heterocycles. The fourth-order valence-corrected chi connectivity index (χ4v) is 2.38. The second-order valence-corrected chi connectivity index (χ2v) is 5.48. The molecule has 2 rings (SSSR count). The number of carbonyl (C=O) groups excluding carboxylic acids is 2. The van der Waals surface area contributed by atoms with Crippen LogP contribution >= 0.6 is 0 Å². The molecule has 0 bridgehead atoms. The van der Waals surface area contributed by atoms with E-state index >= 15 is 0 Å². The number of amides is 2. The second-order valence-electron chi connectivity index (χ2n) is 5.48. The molecule has 0 saturated carbocycles. The minimum Gasteiger partial charge on any atom is -0.381 e. The number of ether oxygens (including phenoxy) is 1. The van der Waals surface area contributed by atoms with Crippen molar-refractivity contribution >= 4 is 17.5 Å². The Bertz CT molecular complexity index is 522. The average Bonchev–Trinajstić information content (AvgIpc) is 2.47. The molecule has 1 aromatic carbocycles. The quantitative estimate of drug-likeness (QED) is 0.892. The van der Waals surface area contributed by atoms with Crippen LogP contribution in [0.5, 0.6) is 0 Å². The first-order chi connectivity index (χ1) is 10.1. The van der Waals surface area contributed by atoms with Crippen molar-refractivity contribution in [3.05, 3.63) is 29.3 Å². The Morgan fingerprint density at radius 1 is 1.29 bits per heavy atom. The van der Waals surface area contributed by atoms with Crippen molar-refractivity contribution in [2.45, 2.75) is 26.7 Å². The van der Waals surface area contributed by atoms with E-state index in [0.29, 0.717) is 23.7 Å². The molecule has 2 amide bonds. The first-order valence-electron chi connectivity index (χ1n) is 7.30. The summed E-state index contributed by atoms with van der Waals surface area (Å²) in [5.41, 5.74) is 2.18. The van der Waals surface area contributed by atoms with Crippen LogP contribution in [0, 0.1) is 12.8 Å². The van der Waals surface area contributed by atoms with Gasteiger partial charge < -0.3 is 15.4 Å². The summed E-state index contributed by atoms with van der Waals surface area (Å²) in [7, 11) is 0. The van der Waals surface area contributed by atoms with Gasteiger partial charge in [-0.2, -0.15) is 0 Å². The lowest BCUT2D eigenvalue weighted by atomic mass is 10.0. The fraction of sp³-hybridized carbons (Fsp3) is 0.500. The number of nitrogens with one attached hydrogen (secondary N) is 2. The van der Waals surface area contributed by atoms with Gasteiger partial charge in [-0.05, 0) is 43.4 Å². The van der Waals surface area contributed by atoms with Gasteiger partial charge in [0.2, 0.25) is 5.91 Å². The molecule has 0 aromatic heterocycles. The summed E-state index contributed by atoms with van der Waals surface area (Å²) in [5, 5.41) is 5.70. The summed E-state index contributed by atoms with van der Waals surface area (Å²) in [6.45, 7) is 5.58. The maximum atomic E-state index is 12.2. The largest absolute Gasteiger partial charge is 0.381 e. The molecule has 0 spiro atoms. The van der Waals surface area contributed by atoms with Crippen LogP contribution in [0.2, 0.25) is 0 Å². The summed E-state index contributed by atoms with van der Waals surface area (Å²) in [6.07, 6.45) is 1.98. The zero-order valence-electron chi connectivity index (χ0n) is 12.6. The standard InChI is InChI=1S/C16H22N2O3/c1-11-3-4-14(9-15(11)18-12(2)19)16(20)17-10-13-5-7-21-8-6-13/h3-4,9,13H,5-8,10H2,1-2H3,(H,17,20)(H,18,19). The molecule has 5 nitrogen and oxygen atoms in total. The third-order valence-electron chi connectivity index (χ3n) is 3.70. The molecule has 1 aromatic rings. The maximum Gasteiger partial charge on any atom is 0.251 e. The molecule has 0 radical (unpaired) electrons. The van der Waals surface area contributed by atoms with Crippen LogP contribution < -0.4 is 10.6 Å². The number of anilines is 1. The van der Waals surface area contributed by atoms with Gasteiger partial charge in [0.25, 0.3) is 5.91 Å². The Kier molecular flexibility index (Phi) is 5.33. The van der Waals surface area contributed by atoms with Gasteiger partial charge in [-0.1, -0.05) is 6.07 Å². The van der Waals surface area contributed by atoms with Crippen molar-refractivity contribution < 1.29 is 14.3 Å². The molecule has 114 valence electrons. The van der Waals surface area contributed by atoms with Crippen molar-refractivity contribution in [3.8, 4) is 0 Å². The zero-order valence-corrected chi connectivity index (χ0v) is 12.6. The SMILES string of the molecule is CC(=O)Nc1cc(C(=O)NCC2CCOCC2)ccc1C. The first kappa shape index (κ1) is 15.5. The van der Waals surface area contributed by atoms with Gasteiger partial charge in [-0.3, -0.25) is 9.59 Å². The predicted molar refractivity (Wildman–Crippen MR) is 81.4 cm³/mol. The molecule has 0 aliphatic carbocycles. The number of hydrogen-bond acceptors (Lipinski definition) is 3. The Labute approximate surface area is 125 Å². The second kappa shape index (κ2) is 7.22. The molecule has 1 heterocycles. The van der Waals surface area contributed by atoms with Gasteiger partial charge in [-0.25, -0.2) is 0 Å². The van der Waals surface area contributed by atoms with Crippen molar-refractivity contribution in [3.63, 3.8) is 0 Å². The molecule has 0 atom stereocenters. The molecule has 2 N–H and O–H groups in total. The lowest BCUT2D eigenvalue weighted by Crippen LogP contribution is -2.32. The van der Waals surface area contributed by atoms with Crippen LogP contribution in [-0.4, -0.2) is 31.6 Å². The predicted octanol–water partition coefficient (Wildman–Crippen LogP) is 2.11. The van der Waals surface area contributed by atoms with Crippen molar-refractivity contribution in [1.29, 1.82) is 0 Å². The van der Waals surface area contributed by atoms with E-state index in [2.05, 4.69) is 10.6 Å². The monoisotopic (exact) mass is 290 g/mol. The maximum absolute atomic E-state index is 12.2. The van der Waals surface area contributed by atoms with E-state index < -0.39 is 0 Å². The Morgan fingerprint density at radius 2 is 2.00 bits per heavy atom. The third kappa shape index (κ3) is 4.56. The topological polar surface area (TPSA) is 67.4 Å². The Balaban J connectivity index is 1.96. The fourth-order valence-electron chi connectivity index (χ4n) is 2.38. The lowest BCUT2D eigenvalue weighted by molar-refractivity contribution is -0.114.